The van der Waals surface area contributed by atoms with Gasteiger partial charge >= 0.3 is 5.69 Å². The van der Waals surface area contributed by atoms with E-state index in [4.69, 9.17) is 5.73 Å². The van der Waals surface area contributed by atoms with E-state index in [-0.39, 0.29) is 42.2 Å². The van der Waals surface area contributed by atoms with Gasteiger partial charge in [-0.3, -0.25) is 19.1 Å². The Morgan fingerprint density at radius 1 is 1.24 bits per heavy atom. The van der Waals surface area contributed by atoms with Gasteiger partial charge in [-0.15, -0.1) is 10.2 Å². The second kappa shape index (κ2) is 9.88. The lowest BCUT2D eigenvalue weighted by molar-refractivity contribution is -0.116. The van der Waals surface area contributed by atoms with Crippen molar-refractivity contribution >= 4 is 29.2 Å². The first-order chi connectivity index (χ1) is 16.3. The van der Waals surface area contributed by atoms with Crippen LogP contribution < -0.4 is 21.9 Å². The molecular formula is C23H29N7O3S. The predicted molar refractivity (Wildman–Crippen MR) is 132 cm³/mol. The molecule has 180 valence electrons. The van der Waals surface area contributed by atoms with Crippen LogP contribution in [0.15, 0.2) is 45.1 Å². The van der Waals surface area contributed by atoms with E-state index >= 15 is 0 Å². The summed E-state index contributed by atoms with van der Waals surface area (Å²) >= 11 is 1.30. The maximum Gasteiger partial charge on any atom is 0.330 e. The third-order valence-corrected chi connectivity index (χ3v) is 6.66. The van der Waals surface area contributed by atoms with Gasteiger partial charge in [0.05, 0.1) is 12.3 Å². The van der Waals surface area contributed by atoms with Gasteiger partial charge in [-0.2, -0.15) is 0 Å². The molecule has 3 aromatic rings. The number of aromatic nitrogens is 5. The third kappa shape index (κ3) is 4.79. The van der Waals surface area contributed by atoms with Crippen molar-refractivity contribution in [3.63, 3.8) is 0 Å². The Bertz CT molecular complexity index is 1290. The summed E-state index contributed by atoms with van der Waals surface area (Å²) in [7, 11) is 0. The molecule has 34 heavy (non-hydrogen) atoms. The molecule has 0 radical (unpaired) electrons. The number of carbonyl (C=O) groups excluding carboxylic acids is 1. The number of hydrogen-bond donors (Lipinski definition) is 2. The minimum absolute atomic E-state index is 0.0184. The number of benzene rings is 1. The average Bonchev–Trinajstić information content (AvgIpc) is 3.56. The average molecular weight is 484 g/mol. The van der Waals surface area contributed by atoms with Gasteiger partial charge in [0.1, 0.15) is 11.6 Å². The van der Waals surface area contributed by atoms with Crippen molar-refractivity contribution in [2.45, 2.75) is 57.3 Å². The fourth-order valence-electron chi connectivity index (χ4n) is 3.88. The van der Waals surface area contributed by atoms with Gasteiger partial charge in [0, 0.05) is 18.5 Å². The van der Waals surface area contributed by atoms with E-state index in [1.807, 2.05) is 30.3 Å². The topological polar surface area (TPSA) is 132 Å². The molecule has 10 nitrogen and oxygen atoms in total. The van der Waals surface area contributed by atoms with Crippen molar-refractivity contribution in [1.82, 2.24) is 24.3 Å². The van der Waals surface area contributed by atoms with Crippen molar-refractivity contribution < 1.29 is 4.79 Å². The summed E-state index contributed by atoms with van der Waals surface area (Å²) in [5.74, 6) is 0.868. The quantitative estimate of drug-likeness (QED) is 0.447. The van der Waals surface area contributed by atoms with Crippen LogP contribution in [0.25, 0.3) is 0 Å². The van der Waals surface area contributed by atoms with Crippen LogP contribution in [0.5, 0.6) is 0 Å². The standard InChI is InChI=1S/C23H29N7O3S/c1-4-28(17(31)13-34-23-27-26-20(14(2)3)30(23)16-10-11-16)18-19(24)29(22(33)25-21(18)32)12-15-8-6-5-7-9-15/h5-9,14,16H,4,10-13,24H2,1-3H3,(H,25,32,33). The van der Waals surface area contributed by atoms with Gasteiger partial charge in [0.2, 0.25) is 5.91 Å². The third-order valence-electron chi connectivity index (χ3n) is 5.73. The Kier molecular flexibility index (Phi) is 6.92. The van der Waals surface area contributed by atoms with Crippen LogP contribution in [0.2, 0.25) is 0 Å². The molecule has 0 spiro atoms. The molecule has 1 saturated carbocycles. The van der Waals surface area contributed by atoms with Gasteiger partial charge < -0.3 is 15.2 Å². The number of thioether (sulfide) groups is 1. The summed E-state index contributed by atoms with van der Waals surface area (Å²) in [5.41, 5.74) is 5.80. The van der Waals surface area contributed by atoms with Crippen LogP contribution in [0.3, 0.4) is 0 Å². The highest BCUT2D eigenvalue weighted by molar-refractivity contribution is 7.99. The Morgan fingerprint density at radius 3 is 2.56 bits per heavy atom. The molecule has 1 aliphatic carbocycles. The first-order valence-electron chi connectivity index (χ1n) is 11.4. The molecule has 0 bridgehead atoms. The predicted octanol–water partition coefficient (Wildman–Crippen LogP) is 2.36. The normalized spacial score (nSPS) is 13.4. The molecule has 1 amide bonds. The van der Waals surface area contributed by atoms with E-state index in [0.717, 1.165) is 24.2 Å². The number of nitrogens with one attached hydrogen (secondary N) is 1. The fourth-order valence-corrected chi connectivity index (χ4v) is 4.77. The highest BCUT2D eigenvalue weighted by atomic mass is 32.2. The van der Waals surface area contributed by atoms with Crippen LogP contribution >= 0.6 is 11.8 Å². The number of nitrogen functional groups attached to an aromatic ring is 1. The number of amides is 1. The molecule has 4 rings (SSSR count). The largest absolute Gasteiger partial charge is 0.383 e. The summed E-state index contributed by atoms with van der Waals surface area (Å²) in [5, 5.41) is 9.33. The molecule has 2 heterocycles. The smallest absolute Gasteiger partial charge is 0.330 e. The second-order valence-electron chi connectivity index (χ2n) is 8.59. The number of rotatable bonds is 9. The van der Waals surface area contributed by atoms with Crippen molar-refractivity contribution in [3.05, 3.63) is 62.6 Å². The summed E-state index contributed by atoms with van der Waals surface area (Å²) in [6, 6.07) is 9.68. The van der Waals surface area contributed by atoms with E-state index in [1.54, 1.807) is 6.92 Å². The van der Waals surface area contributed by atoms with Gasteiger partial charge in [-0.1, -0.05) is 55.9 Å². The lowest BCUT2D eigenvalue weighted by atomic mass is 10.2. The molecule has 0 saturated heterocycles. The number of nitrogens with zero attached hydrogens (tertiary/aromatic N) is 5. The molecule has 1 fully saturated rings. The zero-order chi connectivity index (χ0) is 24.4. The Morgan fingerprint density at radius 2 is 1.94 bits per heavy atom. The number of anilines is 2. The van der Waals surface area contributed by atoms with Gasteiger partial charge in [-0.05, 0) is 25.3 Å². The summed E-state index contributed by atoms with van der Waals surface area (Å²) in [6.45, 7) is 6.31. The molecule has 0 unspecified atom stereocenters. The maximum atomic E-state index is 13.2. The lowest BCUT2D eigenvalue weighted by Crippen LogP contribution is -2.41. The lowest BCUT2D eigenvalue weighted by Gasteiger charge is -2.23. The minimum atomic E-state index is -0.685. The van der Waals surface area contributed by atoms with Gasteiger partial charge in [0.25, 0.3) is 5.56 Å². The number of carbonyl (C=O) groups is 1. The van der Waals surface area contributed by atoms with Crippen LogP contribution in [0, 0.1) is 0 Å². The van der Waals surface area contributed by atoms with Crippen molar-refractivity contribution in [2.75, 3.05) is 22.9 Å². The van der Waals surface area contributed by atoms with Crippen molar-refractivity contribution in [2.24, 2.45) is 0 Å². The molecule has 1 aromatic carbocycles. The van der Waals surface area contributed by atoms with Crippen LogP contribution in [0.4, 0.5) is 11.5 Å². The Labute approximate surface area is 201 Å². The second-order valence-corrected chi connectivity index (χ2v) is 9.53. The van der Waals surface area contributed by atoms with Crippen molar-refractivity contribution in [1.29, 1.82) is 0 Å². The Balaban J connectivity index is 1.59. The molecule has 1 aliphatic rings. The van der Waals surface area contributed by atoms with E-state index < -0.39 is 11.2 Å². The molecule has 0 aliphatic heterocycles. The van der Waals surface area contributed by atoms with Crippen LogP contribution in [-0.2, 0) is 11.3 Å². The SMILES string of the molecule is CCN(C(=O)CSc1nnc(C(C)C)n1C1CC1)c1c(N)n(Cc2ccccc2)c(=O)[nH]c1=O. The summed E-state index contributed by atoms with van der Waals surface area (Å²) in [6.07, 6.45) is 2.16. The van der Waals surface area contributed by atoms with E-state index in [1.165, 1.54) is 21.2 Å². The first kappa shape index (κ1) is 23.8. The number of H-pyrrole nitrogens is 1. The maximum absolute atomic E-state index is 13.2. The van der Waals surface area contributed by atoms with Crippen LogP contribution in [-0.4, -0.2) is 42.5 Å². The Hall–Kier alpha value is -3.34. The summed E-state index contributed by atoms with van der Waals surface area (Å²) < 4.78 is 3.40. The minimum Gasteiger partial charge on any atom is -0.383 e. The first-order valence-corrected chi connectivity index (χ1v) is 12.3. The van der Waals surface area contributed by atoms with E-state index in [9.17, 15) is 14.4 Å². The number of aromatic amines is 1. The monoisotopic (exact) mass is 483 g/mol. The van der Waals surface area contributed by atoms with Gasteiger partial charge in [-0.25, -0.2) is 4.79 Å². The number of hydrogen-bond acceptors (Lipinski definition) is 7. The molecule has 0 atom stereocenters. The van der Waals surface area contributed by atoms with Crippen molar-refractivity contribution in [3.8, 4) is 0 Å². The van der Waals surface area contributed by atoms with Crippen LogP contribution in [0.1, 0.15) is 57.0 Å². The highest BCUT2D eigenvalue weighted by Gasteiger charge is 2.31. The van der Waals surface area contributed by atoms with E-state index in [0.29, 0.717) is 11.2 Å². The molecular weight excluding hydrogens is 454 g/mol. The zero-order valence-electron chi connectivity index (χ0n) is 19.5. The molecule has 11 heteroatoms. The van der Waals surface area contributed by atoms with E-state index in [2.05, 4.69) is 33.6 Å². The summed E-state index contributed by atoms with van der Waals surface area (Å²) in [4.78, 5) is 42.0. The zero-order valence-corrected chi connectivity index (χ0v) is 20.3. The number of nitrogens with two attached hydrogens (primary N) is 1. The highest BCUT2D eigenvalue weighted by Crippen LogP contribution is 2.40. The molecule has 2 aromatic heterocycles. The van der Waals surface area contributed by atoms with Gasteiger partial charge in [0.15, 0.2) is 10.8 Å². The fraction of sp³-hybridized carbons (Fsp3) is 0.435. The molecule has 3 N–H and O–H groups in total.